The fraction of sp³-hybridized carbons (Fsp3) is 0.222. The van der Waals surface area contributed by atoms with Gasteiger partial charge in [0.15, 0.2) is 0 Å². The number of aromatic nitrogens is 1. The highest BCUT2D eigenvalue weighted by Crippen LogP contribution is 2.35. The summed E-state index contributed by atoms with van der Waals surface area (Å²) in [7, 11) is -3.83. The topological polar surface area (TPSA) is 70.5 Å². The second kappa shape index (κ2) is 6.65. The van der Waals surface area contributed by atoms with Gasteiger partial charge in [-0.1, -0.05) is 26.0 Å². The lowest BCUT2D eigenvalue weighted by molar-refractivity contribution is 0.472. The van der Waals surface area contributed by atoms with Crippen molar-refractivity contribution in [2.24, 2.45) is 5.92 Å². The Bertz CT molecular complexity index is 1010. The number of rotatable bonds is 5. The average Bonchev–Trinajstić information content (AvgIpc) is 3.03. The van der Waals surface area contributed by atoms with Gasteiger partial charge in [-0.3, -0.25) is 4.31 Å². The SMILES string of the molecule is [CH2]c1cccc(N(CC(C)C)S(=O)(=O)c2ccc3ncsc3c2)c1O. The molecule has 0 bridgehead atoms. The highest BCUT2D eigenvalue weighted by Gasteiger charge is 2.28. The summed E-state index contributed by atoms with van der Waals surface area (Å²) in [6.45, 7) is 7.86. The molecular formula is C18H19N2O3S2. The van der Waals surface area contributed by atoms with Crippen LogP contribution in [-0.4, -0.2) is 25.1 Å². The van der Waals surface area contributed by atoms with Crippen LogP contribution in [0.5, 0.6) is 5.75 Å². The second-order valence-corrected chi connectivity index (χ2v) is 8.95. The molecular weight excluding hydrogens is 356 g/mol. The number of aromatic hydroxyl groups is 1. The molecule has 0 spiro atoms. The number of sulfonamides is 1. The number of nitrogens with zero attached hydrogens (tertiary/aromatic N) is 2. The van der Waals surface area contributed by atoms with Gasteiger partial charge in [0.05, 0.1) is 26.3 Å². The summed E-state index contributed by atoms with van der Waals surface area (Å²) in [5.41, 5.74) is 3.08. The first-order chi connectivity index (χ1) is 11.8. The quantitative estimate of drug-likeness (QED) is 0.731. The van der Waals surface area contributed by atoms with E-state index in [1.165, 1.54) is 15.6 Å². The van der Waals surface area contributed by atoms with Crippen LogP contribution in [0, 0.1) is 12.8 Å². The fourth-order valence-electron chi connectivity index (χ4n) is 2.56. The van der Waals surface area contributed by atoms with Crippen molar-refractivity contribution in [2.75, 3.05) is 10.8 Å². The summed E-state index contributed by atoms with van der Waals surface area (Å²) < 4.78 is 28.6. The van der Waals surface area contributed by atoms with Crippen molar-refractivity contribution in [2.45, 2.75) is 18.7 Å². The van der Waals surface area contributed by atoms with Crippen LogP contribution in [0.1, 0.15) is 19.4 Å². The zero-order valence-electron chi connectivity index (χ0n) is 14.0. The van der Waals surface area contributed by atoms with E-state index in [-0.39, 0.29) is 28.8 Å². The molecule has 3 aromatic rings. The van der Waals surface area contributed by atoms with Crippen LogP contribution < -0.4 is 4.31 Å². The maximum absolute atomic E-state index is 13.3. The van der Waals surface area contributed by atoms with Crippen molar-refractivity contribution >= 4 is 37.3 Å². The number of phenolic OH excluding ortho intramolecular Hbond substituents is 1. The van der Waals surface area contributed by atoms with Crippen molar-refractivity contribution < 1.29 is 13.5 Å². The number of fused-ring (bicyclic) bond motifs is 1. The van der Waals surface area contributed by atoms with Gasteiger partial charge in [-0.15, -0.1) is 11.3 Å². The predicted octanol–water partition coefficient (Wildman–Crippen LogP) is 4.04. The molecule has 0 saturated carbocycles. The molecule has 1 heterocycles. The van der Waals surface area contributed by atoms with Gasteiger partial charge in [-0.05, 0) is 42.7 Å². The minimum atomic E-state index is -3.83. The van der Waals surface area contributed by atoms with Gasteiger partial charge in [0.2, 0.25) is 0 Å². The molecule has 0 amide bonds. The molecule has 0 aliphatic rings. The Labute approximate surface area is 151 Å². The van der Waals surface area contributed by atoms with Gasteiger partial charge in [-0.25, -0.2) is 13.4 Å². The van der Waals surface area contributed by atoms with E-state index in [9.17, 15) is 13.5 Å². The van der Waals surface area contributed by atoms with E-state index >= 15 is 0 Å². The largest absolute Gasteiger partial charge is 0.505 e. The molecule has 0 aliphatic heterocycles. The molecule has 131 valence electrons. The van der Waals surface area contributed by atoms with Crippen LogP contribution in [0.3, 0.4) is 0 Å². The van der Waals surface area contributed by atoms with Gasteiger partial charge in [0.25, 0.3) is 10.0 Å². The zero-order chi connectivity index (χ0) is 18.2. The molecule has 1 N–H and O–H groups in total. The van der Waals surface area contributed by atoms with Crippen LogP contribution in [0.15, 0.2) is 46.8 Å². The Morgan fingerprint density at radius 3 is 2.76 bits per heavy atom. The lowest BCUT2D eigenvalue weighted by Gasteiger charge is -2.27. The molecule has 25 heavy (non-hydrogen) atoms. The summed E-state index contributed by atoms with van der Waals surface area (Å²) in [6.07, 6.45) is 0. The van der Waals surface area contributed by atoms with E-state index in [0.717, 1.165) is 10.2 Å². The van der Waals surface area contributed by atoms with E-state index in [1.54, 1.807) is 41.9 Å². The standard InChI is InChI=1S/C18H19N2O3S2/c1-12(2)10-20(16-6-4-5-13(3)18(16)21)25(22,23)14-7-8-15-17(9-14)24-11-19-15/h4-9,11-12,21H,3,10H2,1-2H3. The molecule has 2 aromatic carbocycles. The summed E-state index contributed by atoms with van der Waals surface area (Å²) in [6, 6.07) is 9.80. The van der Waals surface area contributed by atoms with Crippen molar-refractivity contribution in [3.8, 4) is 5.75 Å². The molecule has 0 unspecified atom stereocenters. The molecule has 0 atom stereocenters. The Hall–Kier alpha value is -2.12. The molecule has 0 aliphatic carbocycles. The molecule has 7 heteroatoms. The number of thiazole rings is 1. The van der Waals surface area contributed by atoms with Gasteiger partial charge in [0.1, 0.15) is 5.75 Å². The fourth-order valence-corrected chi connectivity index (χ4v) is 5.01. The highest BCUT2D eigenvalue weighted by atomic mass is 32.2. The number of hydrogen-bond acceptors (Lipinski definition) is 5. The number of hydrogen-bond donors (Lipinski definition) is 1. The first-order valence-electron chi connectivity index (χ1n) is 7.80. The van der Waals surface area contributed by atoms with Crippen molar-refractivity contribution in [1.82, 2.24) is 4.98 Å². The average molecular weight is 375 g/mol. The maximum atomic E-state index is 13.3. The lowest BCUT2D eigenvalue weighted by atomic mass is 10.1. The molecule has 0 fully saturated rings. The number of para-hydroxylation sites is 1. The predicted molar refractivity (Wildman–Crippen MR) is 102 cm³/mol. The van der Waals surface area contributed by atoms with Gasteiger partial charge >= 0.3 is 0 Å². The monoisotopic (exact) mass is 375 g/mol. The van der Waals surface area contributed by atoms with Crippen molar-refractivity contribution in [3.63, 3.8) is 0 Å². The number of benzene rings is 2. The van der Waals surface area contributed by atoms with Gasteiger partial charge in [-0.2, -0.15) is 0 Å². The van der Waals surface area contributed by atoms with Crippen molar-refractivity contribution in [3.05, 3.63) is 54.4 Å². The summed E-state index contributed by atoms with van der Waals surface area (Å²) in [5, 5.41) is 10.4. The van der Waals surface area contributed by atoms with Crippen LogP contribution in [0.4, 0.5) is 5.69 Å². The molecule has 5 nitrogen and oxygen atoms in total. The highest BCUT2D eigenvalue weighted by molar-refractivity contribution is 7.92. The smallest absolute Gasteiger partial charge is 0.264 e. The van der Waals surface area contributed by atoms with Crippen LogP contribution >= 0.6 is 11.3 Å². The molecule has 1 aromatic heterocycles. The second-order valence-electron chi connectivity index (χ2n) is 6.20. The van der Waals surface area contributed by atoms with Gasteiger partial charge < -0.3 is 5.11 Å². The third-order valence-electron chi connectivity index (χ3n) is 3.79. The lowest BCUT2D eigenvalue weighted by Crippen LogP contribution is -2.34. The van der Waals surface area contributed by atoms with Crippen molar-refractivity contribution in [1.29, 1.82) is 0 Å². The summed E-state index contributed by atoms with van der Waals surface area (Å²) >= 11 is 1.39. The van der Waals surface area contributed by atoms with Gasteiger partial charge in [0, 0.05) is 6.54 Å². The Balaban J connectivity index is 2.15. The number of phenols is 1. The summed E-state index contributed by atoms with van der Waals surface area (Å²) in [4.78, 5) is 4.36. The molecule has 3 rings (SSSR count). The number of anilines is 1. The minimum absolute atomic E-state index is 0.0785. The first-order valence-corrected chi connectivity index (χ1v) is 10.1. The Morgan fingerprint density at radius 1 is 1.28 bits per heavy atom. The van der Waals surface area contributed by atoms with E-state index in [1.807, 2.05) is 13.8 Å². The third-order valence-corrected chi connectivity index (χ3v) is 6.36. The first kappa shape index (κ1) is 17.7. The molecule has 0 saturated heterocycles. The van der Waals surface area contributed by atoms with Crippen LogP contribution in [-0.2, 0) is 10.0 Å². The zero-order valence-corrected chi connectivity index (χ0v) is 15.6. The van der Waals surface area contributed by atoms with E-state index in [0.29, 0.717) is 5.56 Å². The summed E-state index contributed by atoms with van der Waals surface area (Å²) in [5.74, 6) is -0.0413. The third kappa shape index (κ3) is 3.34. The molecule has 1 radical (unpaired) electrons. The van der Waals surface area contributed by atoms with E-state index in [2.05, 4.69) is 11.9 Å². The van der Waals surface area contributed by atoms with E-state index in [4.69, 9.17) is 0 Å². The van der Waals surface area contributed by atoms with Crippen LogP contribution in [0.25, 0.3) is 10.2 Å². The van der Waals surface area contributed by atoms with E-state index < -0.39 is 10.0 Å². The Morgan fingerprint density at radius 2 is 2.04 bits per heavy atom. The normalized spacial score (nSPS) is 12.0. The van der Waals surface area contributed by atoms with Crippen LogP contribution in [0.2, 0.25) is 0 Å². The minimum Gasteiger partial charge on any atom is -0.505 e. The maximum Gasteiger partial charge on any atom is 0.264 e. The Kier molecular flexibility index (Phi) is 4.71.